The summed E-state index contributed by atoms with van der Waals surface area (Å²) in [6.07, 6.45) is 2.64. The quantitative estimate of drug-likeness (QED) is 0.652. The first-order valence-corrected chi connectivity index (χ1v) is 9.35. The minimum Gasteiger partial charge on any atom is -0.356 e. The lowest BCUT2D eigenvalue weighted by Gasteiger charge is -2.06. The largest absolute Gasteiger partial charge is 0.356 e. The number of amides is 1. The molecule has 0 unspecified atom stereocenters. The monoisotopic (exact) mass is 344 g/mol. The molecular formula is C22H36N2O. The zero-order valence-corrected chi connectivity index (χ0v) is 17.0. The molecule has 0 radical (unpaired) electrons. The lowest BCUT2D eigenvalue weighted by molar-refractivity contribution is 0.0963. The predicted octanol–water partition coefficient (Wildman–Crippen LogP) is 6.65. The lowest BCUT2D eigenvalue weighted by atomic mass is 10.2. The van der Waals surface area contributed by atoms with E-state index in [0.717, 1.165) is 11.4 Å². The normalized spacial score (nSPS) is 8.28. The van der Waals surface area contributed by atoms with E-state index in [1.54, 1.807) is 19.2 Å². The minimum absolute atomic E-state index is 0.0729. The van der Waals surface area contributed by atoms with Gasteiger partial charge in [0.15, 0.2) is 0 Å². The molecule has 2 aromatic carbocycles. The van der Waals surface area contributed by atoms with Crippen LogP contribution in [0.25, 0.3) is 0 Å². The summed E-state index contributed by atoms with van der Waals surface area (Å²) in [5.74, 6) is -0.0729. The van der Waals surface area contributed by atoms with Gasteiger partial charge in [-0.3, -0.25) is 4.79 Å². The van der Waals surface area contributed by atoms with Crippen molar-refractivity contribution in [3.05, 3.63) is 60.2 Å². The van der Waals surface area contributed by atoms with E-state index in [4.69, 9.17) is 0 Å². The maximum absolute atomic E-state index is 11.4. The molecule has 0 saturated carbocycles. The highest BCUT2D eigenvalue weighted by molar-refractivity contribution is 5.94. The van der Waals surface area contributed by atoms with Crippen LogP contribution in [0.5, 0.6) is 0 Å². The van der Waals surface area contributed by atoms with E-state index in [1.165, 1.54) is 12.8 Å². The SMILES string of the molecule is CC.CC.CCCC.CNC(=O)c1ccc(Nc2ccccc2)cc1. The fourth-order valence-corrected chi connectivity index (χ4v) is 1.54. The Hall–Kier alpha value is -2.29. The fourth-order valence-electron chi connectivity index (χ4n) is 1.54. The van der Waals surface area contributed by atoms with Gasteiger partial charge in [0.05, 0.1) is 0 Å². The van der Waals surface area contributed by atoms with E-state index in [9.17, 15) is 4.79 Å². The molecular weight excluding hydrogens is 308 g/mol. The molecule has 0 atom stereocenters. The van der Waals surface area contributed by atoms with E-state index >= 15 is 0 Å². The Labute approximate surface area is 154 Å². The topological polar surface area (TPSA) is 41.1 Å². The molecule has 0 bridgehead atoms. The third-order valence-electron chi connectivity index (χ3n) is 2.94. The molecule has 0 saturated heterocycles. The van der Waals surface area contributed by atoms with Gasteiger partial charge in [-0.2, -0.15) is 0 Å². The Morgan fingerprint density at radius 3 is 1.60 bits per heavy atom. The summed E-state index contributed by atoms with van der Waals surface area (Å²) >= 11 is 0. The van der Waals surface area contributed by atoms with E-state index in [-0.39, 0.29) is 5.91 Å². The van der Waals surface area contributed by atoms with Crippen molar-refractivity contribution in [3.63, 3.8) is 0 Å². The molecule has 0 spiro atoms. The Morgan fingerprint density at radius 1 is 0.760 bits per heavy atom. The smallest absolute Gasteiger partial charge is 0.251 e. The number of anilines is 2. The molecule has 3 heteroatoms. The van der Waals surface area contributed by atoms with Crippen LogP contribution in [0.4, 0.5) is 11.4 Å². The summed E-state index contributed by atoms with van der Waals surface area (Å²) in [6.45, 7) is 12.4. The first-order valence-electron chi connectivity index (χ1n) is 9.35. The van der Waals surface area contributed by atoms with E-state index < -0.39 is 0 Å². The second-order valence-corrected chi connectivity index (χ2v) is 4.65. The van der Waals surface area contributed by atoms with E-state index in [0.29, 0.717) is 5.56 Å². The first-order chi connectivity index (χ1) is 12.2. The first kappa shape index (κ1) is 25.0. The van der Waals surface area contributed by atoms with Crippen molar-refractivity contribution in [1.29, 1.82) is 0 Å². The van der Waals surface area contributed by atoms with Crippen LogP contribution in [0, 0.1) is 0 Å². The number of hydrogen-bond acceptors (Lipinski definition) is 2. The summed E-state index contributed by atoms with van der Waals surface area (Å²) in [6, 6.07) is 17.3. The van der Waals surface area contributed by atoms with Crippen molar-refractivity contribution in [2.45, 2.75) is 54.4 Å². The molecule has 0 heterocycles. The molecule has 0 fully saturated rings. The van der Waals surface area contributed by atoms with Crippen molar-refractivity contribution in [2.24, 2.45) is 0 Å². The predicted molar refractivity (Wildman–Crippen MR) is 113 cm³/mol. The van der Waals surface area contributed by atoms with Crippen molar-refractivity contribution in [1.82, 2.24) is 5.32 Å². The van der Waals surface area contributed by atoms with E-state index in [1.807, 2.05) is 70.2 Å². The molecule has 1 amide bonds. The summed E-state index contributed by atoms with van der Waals surface area (Å²) < 4.78 is 0. The van der Waals surface area contributed by atoms with Gasteiger partial charge in [0, 0.05) is 24.0 Å². The van der Waals surface area contributed by atoms with Crippen LogP contribution in [0.3, 0.4) is 0 Å². The third kappa shape index (κ3) is 11.8. The molecule has 0 aliphatic heterocycles. The molecule has 0 aliphatic carbocycles. The van der Waals surface area contributed by atoms with Gasteiger partial charge in [0.1, 0.15) is 0 Å². The maximum Gasteiger partial charge on any atom is 0.251 e. The summed E-state index contributed by atoms with van der Waals surface area (Å²) in [5.41, 5.74) is 2.65. The van der Waals surface area contributed by atoms with Gasteiger partial charge < -0.3 is 10.6 Å². The standard InChI is InChI=1S/C14H14N2O.C4H10.2C2H6/c1-15-14(17)11-7-9-13(10-8-11)16-12-5-3-2-4-6-12;1-3-4-2;2*1-2/h2-10,16H,1H3,(H,15,17);3-4H2,1-2H3;2*1-2H3. The van der Waals surface area contributed by atoms with Crippen LogP contribution in [0.2, 0.25) is 0 Å². The lowest BCUT2D eigenvalue weighted by Crippen LogP contribution is -2.17. The van der Waals surface area contributed by atoms with Crippen LogP contribution in [-0.2, 0) is 0 Å². The molecule has 140 valence electrons. The fraction of sp³-hybridized carbons (Fsp3) is 0.409. The summed E-state index contributed by atoms with van der Waals surface area (Å²) in [7, 11) is 1.62. The second kappa shape index (κ2) is 18.1. The molecule has 0 aliphatic rings. The molecule has 2 rings (SSSR count). The number of carbonyl (C=O) groups excluding carboxylic acids is 1. The highest BCUT2D eigenvalue weighted by Gasteiger charge is 2.01. The molecule has 2 N–H and O–H groups in total. The second-order valence-electron chi connectivity index (χ2n) is 4.65. The van der Waals surface area contributed by atoms with Crippen molar-refractivity contribution in [3.8, 4) is 0 Å². The Bertz CT molecular complexity index is 519. The average Bonchev–Trinajstić information content (AvgIpc) is 2.72. The molecule has 2 aromatic rings. The summed E-state index contributed by atoms with van der Waals surface area (Å²) in [4.78, 5) is 11.4. The Balaban J connectivity index is 0. The number of rotatable bonds is 4. The van der Waals surface area contributed by atoms with E-state index in [2.05, 4.69) is 24.5 Å². The number of benzene rings is 2. The molecule has 3 nitrogen and oxygen atoms in total. The molecule has 25 heavy (non-hydrogen) atoms. The van der Waals surface area contributed by atoms with Crippen molar-refractivity contribution in [2.75, 3.05) is 12.4 Å². The van der Waals surface area contributed by atoms with Crippen LogP contribution in [-0.4, -0.2) is 13.0 Å². The van der Waals surface area contributed by atoms with Crippen LogP contribution >= 0.6 is 0 Å². The number of unbranched alkanes of at least 4 members (excludes halogenated alkanes) is 1. The Kier molecular flexibility index (Phi) is 18.0. The number of hydrogen-bond donors (Lipinski definition) is 2. The zero-order chi connectivity index (χ0) is 19.5. The van der Waals surface area contributed by atoms with Gasteiger partial charge in [-0.15, -0.1) is 0 Å². The number of nitrogens with one attached hydrogen (secondary N) is 2. The highest BCUT2D eigenvalue weighted by Crippen LogP contribution is 2.16. The molecule has 0 aromatic heterocycles. The Morgan fingerprint density at radius 2 is 1.20 bits per heavy atom. The number of para-hydroxylation sites is 1. The van der Waals surface area contributed by atoms with Gasteiger partial charge >= 0.3 is 0 Å². The van der Waals surface area contributed by atoms with Crippen LogP contribution < -0.4 is 10.6 Å². The van der Waals surface area contributed by atoms with Gasteiger partial charge in [-0.1, -0.05) is 72.6 Å². The summed E-state index contributed by atoms with van der Waals surface area (Å²) in [5, 5.41) is 5.85. The van der Waals surface area contributed by atoms with Crippen molar-refractivity contribution < 1.29 is 4.79 Å². The minimum atomic E-state index is -0.0729. The van der Waals surface area contributed by atoms with Gasteiger partial charge in [-0.25, -0.2) is 0 Å². The number of carbonyl (C=O) groups is 1. The highest BCUT2D eigenvalue weighted by atomic mass is 16.1. The van der Waals surface area contributed by atoms with Crippen molar-refractivity contribution >= 4 is 17.3 Å². The van der Waals surface area contributed by atoms with Gasteiger partial charge in [0.2, 0.25) is 0 Å². The maximum atomic E-state index is 11.4. The van der Waals surface area contributed by atoms with Gasteiger partial charge in [0.25, 0.3) is 5.91 Å². The van der Waals surface area contributed by atoms with Crippen LogP contribution in [0.1, 0.15) is 64.7 Å². The average molecular weight is 345 g/mol. The van der Waals surface area contributed by atoms with Crippen LogP contribution in [0.15, 0.2) is 54.6 Å². The third-order valence-corrected chi connectivity index (χ3v) is 2.94. The van der Waals surface area contributed by atoms with Gasteiger partial charge in [-0.05, 0) is 36.4 Å². The zero-order valence-electron chi connectivity index (χ0n) is 17.0.